The maximum Gasteiger partial charge on any atom is 0.335 e. The average molecular weight is 473 g/mol. The number of aliphatic carboxylic acids is 1. The standard InChI is InChI=1S/C11H10O6.C8H5N5S2/c1-5-6(4-9(12)13)2-7(10(14)15)3-8(5)11(16)17;14-7-10-3-5-6(12-4-11-5)13(7)8-9-1-2-15-8/h2-3H,4H2,1H3,(H,12,13)(H,14,15)(H,16,17);1-4H,(H,11,12). The van der Waals surface area contributed by atoms with E-state index in [0.29, 0.717) is 4.77 Å². The number of hydrogen-bond donors (Lipinski definition) is 4. The molecule has 3 aromatic heterocycles. The Bertz CT molecular complexity index is 1380. The Kier molecular flexibility index (Phi) is 6.70. The van der Waals surface area contributed by atoms with Gasteiger partial charge in [-0.05, 0) is 42.4 Å². The molecule has 0 fully saturated rings. The minimum atomic E-state index is -1.29. The number of thiazole rings is 1. The van der Waals surface area contributed by atoms with Crippen LogP contribution in [-0.2, 0) is 11.2 Å². The summed E-state index contributed by atoms with van der Waals surface area (Å²) in [5.74, 6) is -3.72. The molecule has 0 spiro atoms. The Morgan fingerprint density at radius 3 is 2.47 bits per heavy atom. The van der Waals surface area contributed by atoms with Crippen molar-refractivity contribution in [2.75, 3.05) is 0 Å². The Labute approximate surface area is 188 Å². The number of fused-ring (bicyclic) bond motifs is 1. The van der Waals surface area contributed by atoms with Crippen molar-refractivity contribution in [1.82, 2.24) is 24.5 Å². The molecule has 164 valence electrons. The third-order valence-electron chi connectivity index (χ3n) is 4.30. The fraction of sp³-hybridized carbons (Fsp3) is 0.105. The molecule has 0 bridgehead atoms. The molecule has 0 unspecified atom stereocenters. The number of aromatic nitrogens is 5. The van der Waals surface area contributed by atoms with E-state index < -0.39 is 24.3 Å². The first-order valence-electron chi connectivity index (χ1n) is 8.82. The molecule has 11 nitrogen and oxygen atoms in total. The van der Waals surface area contributed by atoms with E-state index >= 15 is 0 Å². The largest absolute Gasteiger partial charge is 0.481 e. The first-order valence-corrected chi connectivity index (χ1v) is 10.1. The number of carboxylic acids is 3. The number of aromatic amines is 1. The molecule has 0 amide bonds. The zero-order valence-corrected chi connectivity index (χ0v) is 18.0. The number of rotatable bonds is 5. The van der Waals surface area contributed by atoms with E-state index in [-0.39, 0.29) is 22.3 Å². The van der Waals surface area contributed by atoms with Gasteiger partial charge in [0, 0.05) is 11.6 Å². The number of H-pyrrole nitrogens is 1. The van der Waals surface area contributed by atoms with Crippen LogP contribution in [0.1, 0.15) is 31.8 Å². The average Bonchev–Trinajstić information content (AvgIpc) is 3.41. The molecule has 13 heteroatoms. The van der Waals surface area contributed by atoms with Gasteiger partial charge in [-0.1, -0.05) is 0 Å². The summed E-state index contributed by atoms with van der Waals surface area (Å²) in [6, 6.07) is 2.20. The lowest BCUT2D eigenvalue weighted by Crippen LogP contribution is -2.10. The minimum Gasteiger partial charge on any atom is -0.481 e. The van der Waals surface area contributed by atoms with Crippen LogP contribution in [0, 0.1) is 11.7 Å². The van der Waals surface area contributed by atoms with E-state index in [2.05, 4.69) is 19.9 Å². The summed E-state index contributed by atoms with van der Waals surface area (Å²) in [4.78, 5) is 47.8. The lowest BCUT2D eigenvalue weighted by molar-refractivity contribution is -0.136. The summed E-state index contributed by atoms with van der Waals surface area (Å²) in [6.07, 6.45) is 4.61. The number of hydrogen-bond acceptors (Lipinski definition) is 8. The third kappa shape index (κ3) is 4.84. The Hall–Kier alpha value is -3.97. The van der Waals surface area contributed by atoms with E-state index in [1.54, 1.807) is 23.3 Å². The van der Waals surface area contributed by atoms with Crippen molar-refractivity contribution >= 4 is 52.6 Å². The van der Waals surface area contributed by atoms with Gasteiger partial charge >= 0.3 is 17.9 Å². The Balaban J connectivity index is 0.000000181. The van der Waals surface area contributed by atoms with Crippen LogP contribution >= 0.6 is 23.6 Å². The van der Waals surface area contributed by atoms with Crippen molar-refractivity contribution in [3.05, 3.63) is 63.3 Å². The quantitative estimate of drug-likeness (QED) is 0.316. The molecule has 4 rings (SSSR count). The van der Waals surface area contributed by atoms with Gasteiger partial charge in [0.1, 0.15) is 5.52 Å². The first-order chi connectivity index (χ1) is 15.2. The molecule has 0 radical (unpaired) electrons. The SMILES string of the molecule is Cc1c(CC(=O)O)cc(C(=O)O)cc1C(=O)O.S=c1ncc2[nH]cnc2n1-c1nccs1. The molecule has 0 atom stereocenters. The maximum atomic E-state index is 10.9. The Morgan fingerprint density at radius 2 is 1.88 bits per heavy atom. The van der Waals surface area contributed by atoms with Gasteiger partial charge in [0.15, 0.2) is 10.8 Å². The second kappa shape index (κ2) is 9.45. The summed E-state index contributed by atoms with van der Waals surface area (Å²) in [5, 5.41) is 29.0. The molecule has 0 saturated heterocycles. The lowest BCUT2D eigenvalue weighted by Gasteiger charge is -2.08. The second-order valence-corrected chi connectivity index (χ2v) is 7.56. The van der Waals surface area contributed by atoms with Crippen molar-refractivity contribution in [3.63, 3.8) is 0 Å². The summed E-state index contributed by atoms with van der Waals surface area (Å²) >= 11 is 6.66. The highest BCUT2D eigenvalue weighted by Crippen LogP contribution is 2.19. The first kappa shape index (κ1) is 22.7. The van der Waals surface area contributed by atoms with Crippen LogP contribution < -0.4 is 0 Å². The van der Waals surface area contributed by atoms with Gasteiger partial charge in [-0.25, -0.2) is 29.1 Å². The second-order valence-electron chi connectivity index (χ2n) is 6.32. The van der Waals surface area contributed by atoms with Crippen LogP contribution in [0.3, 0.4) is 0 Å². The van der Waals surface area contributed by atoms with Gasteiger partial charge in [0.05, 0.1) is 30.1 Å². The van der Waals surface area contributed by atoms with Crippen molar-refractivity contribution in [2.45, 2.75) is 13.3 Å². The number of nitrogens with zero attached hydrogens (tertiary/aromatic N) is 4. The highest BCUT2D eigenvalue weighted by atomic mass is 32.1. The van der Waals surface area contributed by atoms with Crippen molar-refractivity contribution < 1.29 is 29.7 Å². The lowest BCUT2D eigenvalue weighted by atomic mass is 9.96. The normalized spacial score (nSPS) is 10.4. The van der Waals surface area contributed by atoms with Crippen molar-refractivity contribution in [2.24, 2.45) is 0 Å². The number of carboxylic acid groups (broad SMARTS) is 3. The van der Waals surface area contributed by atoms with Gasteiger partial charge in [-0.15, -0.1) is 11.3 Å². The number of benzene rings is 1. The van der Waals surface area contributed by atoms with Gasteiger partial charge in [-0.2, -0.15) is 0 Å². The highest BCUT2D eigenvalue weighted by Gasteiger charge is 2.17. The zero-order valence-electron chi connectivity index (χ0n) is 16.3. The van der Waals surface area contributed by atoms with Gasteiger partial charge in [-0.3, -0.25) is 4.79 Å². The summed E-state index contributed by atoms with van der Waals surface area (Å²) in [7, 11) is 0. The summed E-state index contributed by atoms with van der Waals surface area (Å²) in [6.45, 7) is 1.45. The van der Waals surface area contributed by atoms with Crippen LogP contribution in [0.5, 0.6) is 0 Å². The molecule has 1 aromatic carbocycles. The summed E-state index contributed by atoms with van der Waals surface area (Å²) in [5.41, 5.74) is 1.63. The molecule has 4 aromatic rings. The molecular formula is C19H15N5O6S2. The fourth-order valence-electron chi connectivity index (χ4n) is 2.80. The number of aromatic carboxylic acids is 2. The number of carbonyl (C=O) groups is 3. The summed E-state index contributed by atoms with van der Waals surface area (Å²) < 4.78 is 2.22. The molecule has 0 aliphatic rings. The number of nitrogens with one attached hydrogen (secondary N) is 1. The minimum absolute atomic E-state index is 0.190. The maximum absolute atomic E-state index is 10.9. The van der Waals surface area contributed by atoms with Crippen LogP contribution in [0.15, 0.2) is 36.2 Å². The van der Waals surface area contributed by atoms with E-state index in [1.165, 1.54) is 24.3 Å². The predicted octanol–water partition coefficient (Wildman–Crippen LogP) is 2.95. The van der Waals surface area contributed by atoms with E-state index in [0.717, 1.165) is 22.4 Å². The highest BCUT2D eigenvalue weighted by molar-refractivity contribution is 7.71. The zero-order chi connectivity index (χ0) is 23.4. The van der Waals surface area contributed by atoms with Gasteiger partial charge in [0.25, 0.3) is 0 Å². The topological polar surface area (TPSA) is 171 Å². The smallest absolute Gasteiger partial charge is 0.335 e. The van der Waals surface area contributed by atoms with Crippen LogP contribution in [0.25, 0.3) is 16.3 Å². The van der Waals surface area contributed by atoms with Crippen LogP contribution in [-0.4, -0.2) is 57.7 Å². The molecule has 4 N–H and O–H groups in total. The number of imidazole rings is 1. The molecule has 0 aliphatic carbocycles. The molecule has 32 heavy (non-hydrogen) atoms. The predicted molar refractivity (Wildman–Crippen MR) is 116 cm³/mol. The molecule has 0 aliphatic heterocycles. The Morgan fingerprint density at radius 1 is 1.12 bits per heavy atom. The monoisotopic (exact) mass is 473 g/mol. The van der Waals surface area contributed by atoms with Gasteiger partial charge < -0.3 is 20.3 Å². The van der Waals surface area contributed by atoms with E-state index in [1.807, 2.05) is 5.38 Å². The third-order valence-corrected chi connectivity index (χ3v) is 5.34. The molecular weight excluding hydrogens is 458 g/mol. The van der Waals surface area contributed by atoms with E-state index in [4.69, 9.17) is 27.5 Å². The van der Waals surface area contributed by atoms with Crippen molar-refractivity contribution in [1.29, 1.82) is 0 Å². The molecule has 0 saturated carbocycles. The van der Waals surface area contributed by atoms with E-state index in [9.17, 15) is 14.4 Å². The van der Waals surface area contributed by atoms with Crippen LogP contribution in [0.4, 0.5) is 0 Å². The van der Waals surface area contributed by atoms with Crippen molar-refractivity contribution in [3.8, 4) is 5.13 Å². The van der Waals surface area contributed by atoms with Crippen LogP contribution in [0.2, 0.25) is 0 Å². The molecule has 3 heterocycles. The fourth-order valence-corrected chi connectivity index (χ4v) is 3.73. The van der Waals surface area contributed by atoms with Gasteiger partial charge in [0.2, 0.25) is 4.77 Å².